The van der Waals surface area contributed by atoms with Gasteiger partial charge in [-0.25, -0.2) is 0 Å². The van der Waals surface area contributed by atoms with E-state index in [1.807, 2.05) is 77.1 Å². The molecule has 2 atom stereocenters. The number of hydrogen-bond donors (Lipinski definition) is 1. The molecular formula is C27H38N2O3. The van der Waals surface area contributed by atoms with Crippen molar-refractivity contribution >= 4 is 11.8 Å². The van der Waals surface area contributed by atoms with E-state index < -0.39 is 6.04 Å². The zero-order chi connectivity index (χ0) is 23.5. The van der Waals surface area contributed by atoms with Crippen molar-refractivity contribution in [1.82, 2.24) is 10.2 Å². The molecule has 0 aliphatic carbocycles. The number of carbonyl (C=O) groups excluding carboxylic acids is 2. The van der Waals surface area contributed by atoms with Gasteiger partial charge in [-0.2, -0.15) is 0 Å². The SMILES string of the molecule is CC[C@@H](C)NC(=O)[C@@H](CC)N(Cc1cccc(C)c1)C(=O)CCCOc1ccc(C)cc1. The van der Waals surface area contributed by atoms with Crippen LogP contribution >= 0.6 is 0 Å². The second kappa shape index (κ2) is 12.9. The fourth-order valence-electron chi connectivity index (χ4n) is 3.56. The minimum absolute atomic E-state index is 0.0230. The fourth-order valence-corrected chi connectivity index (χ4v) is 3.56. The molecule has 0 aliphatic rings. The van der Waals surface area contributed by atoms with Gasteiger partial charge in [0.2, 0.25) is 11.8 Å². The number of aryl methyl sites for hydroxylation is 2. The van der Waals surface area contributed by atoms with Crippen LogP contribution in [0.4, 0.5) is 0 Å². The molecular weight excluding hydrogens is 400 g/mol. The summed E-state index contributed by atoms with van der Waals surface area (Å²) in [4.78, 5) is 27.9. The van der Waals surface area contributed by atoms with E-state index in [0.29, 0.717) is 32.4 Å². The molecule has 1 N–H and O–H groups in total. The summed E-state index contributed by atoms with van der Waals surface area (Å²) in [7, 11) is 0. The Balaban J connectivity index is 2.06. The van der Waals surface area contributed by atoms with E-state index in [0.717, 1.165) is 23.3 Å². The molecule has 174 valence electrons. The van der Waals surface area contributed by atoms with Crippen LogP contribution in [0.5, 0.6) is 5.75 Å². The zero-order valence-electron chi connectivity index (χ0n) is 20.2. The molecule has 32 heavy (non-hydrogen) atoms. The largest absolute Gasteiger partial charge is 0.494 e. The molecule has 5 nitrogen and oxygen atoms in total. The third kappa shape index (κ3) is 8.03. The van der Waals surface area contributed by atoms with E-state index >= 15 is 0 Å². The lowest BCUT2D eigenvalue weighted by Crippen LogP contribution is -2.50. The molecule has 0 unspecified atom stereocenters. The van der Waals surface area contributed by atoms with Crippen molar-refractivity contribution in [2.45, 2.75) is 78.9 Å². The van der Waals surface area contributed by atoms with E-state index in [-0.39, 0.29) is 17.9 Å². The molecule has 0 radical (unpaired) electrons. The quantitative estimate of drug-likeness (QED) is 0.464. The summed E-state index contributed by atoms with van der Waals surface area (Å²) in [5.74, 6) is 0.697. The highest BCUT2D eigenvalue weighted by molar-refractivity contribution is 5.87. The van der Waals surface area contributed by atoms with Crippen molar-refractivity contribution in [3.63, 3.8) is 0 Å². The van der Waals surface area contributed by atoms with Crippen LogP contribution < -0.4 is 10.1 Å². The summed E-state index contributed by atoms with van der Waals surface area (Å²) < 4.78 is 5.78. The molecule has 0 saturated heterocycles. The first kappa shape index (κ1) is 25.4. The third-order valence-corrected chi connectivity index (χ3v) is 5.65. The van der Waals surface area contributed by atoms with E-state index in [1.54, 1.807) is 4.90 Å². The first-order chi connectivity index (χ1) is 15.3. The fraction of sp³-hybridized carbons (Fsp3) is 0.481. The average Bonchev–Trinajstić information content (AvgIpc) is 2.77. The highest BCUT2D eigenvalue weighted by Crippen LogP contribution is 2.17. The molecule has 2 rings (SSSR count). The third-order valence-electron chi connectivity index (χ3n) is 5.65. The number of carbonyl (C=O) groups is 2. The Morgan fingerprint density at radius 2 is 1.72 bits per heavy atom. The predicted molar refractivity (Wildman–Crippen MR) is 130 cm³/mol. The Kier molecular flexibility index (Phi) is 10.3. The van der Waals surface area contributed by atoms with Crippen LogP contribution in [0.3, 0.4) is 0 Å². The molecule has 0 fully saturated rings. The van der Waals surface area contributed by atoms with E-state index in [9.17, 15) is 9.59 Å². The minimum Gasteiger partial charge on any atom is -0.494 e. The Hall–Kier alpha value is -2.82. The number of benzene rings is 2. The van der Waals surface area contributed by atoms with Crippen LogP contribution in [0.15, 0.2) is 48.5 Å². The lowest BCUT2D eigenvalue weighted by Gasteiger charge is -2.31. The van der Waals surface area contributed by atoms with E-state index in [1.165, 1.54) is 5.56 Å². The Morgan fingerprint density at radius 1 is 1.00 bits per heavy atom. The maximum atomic E-state index is 13.2. The topological polar surface area (TPSA) is 58.6 Å². The average molecular weight is 439 g/mol. The highest BCUT2D eigenvalue weighted by atomic mass is 16.5. The van der Waals surface area contributed by atoms with Crippen LogP contribution in [-0.4, -0.2) is 35.4 Å². The number of hydrogen-bond acceptors (Lipinski definition) is 3. The normalized spacial score (nSPS) is 12.7. The molecule has 2 aromatic rings. The van der Waals surface area contributed by atoms with Crippen molar-refractivity contribution in [2.75, 3.05) is 6.61 Å². The summed E-state index contributed by atoms with van der Waals surface area (Å²) >= 11 is 0. The number of ether oxygens (including phenoxy) is 1. The molecule has 2 aromatic carbocycles. The van der Waals surface area contributed by atoms with Gasteiger partial charge in [0.15, 0.2) is 0 Å². The summed E-state index contributed by atoms with van der Waals surface area (Å²) in [5.41, 5.74) is 3.35. The molecule has 0 heterocycles. The lowest BCUT2D eigenvalue weighted by atomic mass is 10.1. The van der Waals surface area contributed by atoms with Crippen molar-refractivity contribution in [3.8, 4) is 5.75 Å². The molecule has 0 spiro atoms. The van der Waals surface area contributed by atoms with Crippen molar-refractivity contribution < 1.29 is 14.3 Å². The van der Waals surface area contributed by atoms with Crippen molar-refractivity contribution in [3.05, 3.63) is 65.2 Å². The first-order valence-electron chi connectivity index (χ1n) is 11.7. The smallest absolute Gasteiger partial charge is 0.243 e. The Morgan fingerprint density at radius 3 is 2.34 bits per heavy atom. The minimum atomic E-state index is -0.491. The van der Waals surface area contributed by atoms with Gasteiger partial charge in [-0.3, -0.25) is 9.59 Å². The van der Waals surface area contributed by atoms with E-state index in [4.69, 9.17) is 4.74 Å². The monoisotopic (exact) mass is 438 g/mol. The maximum absolute atomic E-state index is 13.2. The van der Waals surface area contributed by atoms with Gasteiger partial charge in [-0.15, -0.1) is 0 Å². The zero-order valence-corrected chi connectivity index (χ0v) is 20.2. The van der Waals surface area contributed by atoms with Gasteiger partial charge in [0, 0.05) is 19.0 Å². The van der Waals surface area contributed by atoms with Gasteiger partial charge >= 0.3 is 0 Å². The lowest BCUT2D eigenvalue weighted by molar-refractivity contribution is -0.141. The van der Waals surface area contributed by atoms with Crippen LogP contribution in [0, 0.1) is 13.8 Å². The van der Waals surface area contributed by atoms with Crippen LogP contribution in [0.1, 0.15) is 63.1 Å². The van der Waals surface area contributed by atoms with Crippen LogP contribution in [0.25, 0.3) is 0 Å². The molecule has 0 aromatic heterocycles. The molecule has 2 amide bonds. The van der Waals surface area contributed by atoms with E-state index in [2.05, 4.69) is 11.4 Å². The Labute approximate surface area is 193 Å². The summed E-state index contributed by atoms with van der Waals surface area (Å²) in [6.45, 7) is 10.9. The van der Waals surface area contributed by atoms with Gasteiger partial charge in [0.25, 0.3) is 0 Å². The summed E-state index contributed by atoms with van der Waals surface area (Å²) in [6, 6.07) is 15.6. The molecule has 5 heteroatoms. The second-order valence-corrected chi connectivity index (χ2v) is 8.52. The van der Waals surface area contributed by atoms with Gasteiger partial charge in [-0.1, -0.05) is 61.4 Å². The van der Waals surface area contributed by atoms with Gasteiger partial charge in [0.1, 0.15) is 11.8 Å². The maximum Gasteiger partial charge on any atom is 0.243 e. The summed E-state index contributed by atoms with van der Waals surface area (Å²) in [5, 5.41) is 3.05. The summed E-state index contributed by atoms with van der Waals surface area (Å²) in [6.07, 6.45) is 2.36. The van der Waals surface area contributed by atoms with Crippen LogP contribution in [0.2, 0.25) is 0 Å². The number of nitrogens with one attached hydrogen (secondary N) is 1. The molecule has 0 saturated carbocycles. The van der Waals surface area contributed by atoms with Crippen molar-refractivity contribution in [2.24, 2.45) is 0 Å². The van der Waals surface area contributed by atoms with Gasteiger partial charge in [0.05, 0.1) is 6.61 Å². The first-order valence-corrected chi connectivity index (χ1v) is 11.7. The van der Waals surface area contributed by atoms with Crippen LogP contribution in [-0.2, 0) is 16.1 Å². The molecule has 0 aliphatic heterocycles. The van der Waals surface area contributed by atoms with Crippen molar-refractivity contribution in [1.29, 1.82) is 0 Å². The molecule has 0 bridgehead atoms. The number of nitrogens with zero attached hydrogens (tertiary/aromatic N) is 1. The Bertz CT molecular complexity index is 863. The number of rotatable bonds is 12. The second-order valence-electron chi connectivity index (χ2n) is 8.52. The van der Waals surface area contributed by atoms with Gasteiger partial charge < -0.3 is 15.0 Å². The predicted octanol–water partition coefficient (Wildman–Crippen LogP) is 5.18. The highest BCUT2D eigenvalue weighted by Gasteiger charge is 2.28. The standard InChI is InChI=1S/C27H38N2O3/c1-6-22(5)28-27(31)25(7-2)29(19-23-11-8-10-21(4)18-23)26(30)12-9-17-32-24-15-13-20(3)14-16-24/h8,10-11,13-16,18,22,25H,6-7,9,12,17,19H2,1-5H3,(H,28,31)/t22-,25-/m1/s1. The van der Waals surface area contributed by atoms with Gasteiger partial charge in [-0.05, 0) is 57.7 Å². The number of amides is 2.